The highest BCUT2D eigenvalue weighted by Gasteiger charge is 2.32. The van der Waals surface area contributed by atoms with Crippen LogP contribution in [0.5, 0.6) is 0 Å². The van der Waals surface area contributed by atoms with E-state index in [0.717, 1.165) is 6.07 Å². The highest BCUT2D eigenvalue weighted by molar-refractivity contribution is 6.31. The van der Waals surface area contributed by atoms with Gasteiger partial charge in [0.05, 0.1) is 30.0 Å². The Bertz CT molecular complexity index is 1260. The molecule has 0 aliphatic carbocycles. The topological polar surface area (TPSA) is 85.9 Å². The largest absolute Gasteiger partial charge is 0.390 e. The van der Waals surface area contributed by atoms with Gasteiger partial charge in [-0.3, -0.25) is 14.5 Å². The van der Waals surface area contributed by atoms with E-state index in [2.05, 4.69) is 16.0 Å². The third kappa shape index (κ3) is 8.06. The molecule has 0 unspecified atom stereocenters. The molecule has 224 valence electrons. The summed E-state index contributed by atoms with van der Waals surface area (Å²) in [5.41, 5.74) is 0.116. The van der Waals surface area contributed by atoms with Crippen LogP contribution >= 0.6 is 11.6 Å². The zero-order valence-corrected chi connectivity index (χ0v) is 23.0. The van der Waals surface area contributed by atoms with Gasteiger partial charge in [-0.15, -0.1) is 0 Å². The third-order valence-corrected chi connectivity index (χ3v) is 7.31. The summed E-state index contributed by atoms with van der Waals surface area (Å²) < 4.78 is 73.2. The van der Waals surface area contributed by atoms with Gasteiger partial charge in [-0.2, -0.15) is 13.2 Å². The van der Waals surface area contributed by atoms with Crippen LogP contribution < -0.4 is 20.9 Å². The van der Waals surface area contributed by atoms with Crippen LogP contribution in [-0.2, 0) is 16.1 Å². The van der Waals surface area contributed by atoms with Crippen molar-refractivity contribution in [1.82, 2.24) is 15.5 Å². The minimum atomic E-state index is -4.25. The minimum Gasteiger partial charge on any atom is -0.367 e. The summed E-state index contributed by atoms with van der Waals surface area (Å²) in [4.78, 5) is 28.9. The summed E-state index contributed by atoms with van der Waals surface area (Å²) in [6.45, 7) is 3.78. The van der Waals surface area contributed by atoms with Gasteiger partial charge < -0.3 is 25.6 Å². The molecule has 2 aromatic carbocycles. The lowest BCUT2D eigenvalue weighted by Crippen LogP contribution is -2.52. The van der Waals surface area contributed by atoms with Crippen LogP contribution in [0.4, 0.5) is 33.3 Å². The quantitative estimate of drug-likeness (QED) is 0.397. The zero-order chi connectivity index (χ0) is 29.7. The lowest BCUT2D eigenvalue weighted by atomic mass is 10.1. The molecule has 2 aliphatic heterocycles. The number of morpholine rings is 1. The molecule has 2 saturated heterocycles. The Morgan fingerprint density at radius 1 is 1.15 bits per heavy atom. The maximum Gasteiger partial charge on any atom is 0.390 e. The Morgan fingerprint density at radius 2 is 1.93 bits per heavy atom. The van der Waals surface area contributed by atoms with Gasteiger partial charge in [0.2, 0.25) is 0 Å². The molecule has 14 heteroatoms. The summed E-state index contributed by atoms with van der Waals surface area (Å²) in [5.74, 6) is -4.00. The molecular weight excluding hydrogens is 573 g/mol. The van der Waals surface area contributed by atoms with Crippen LogP contribution in [0.1, 0.15) is 29.3 Å². The standard InChI is InChI=1S/C27H31ClF5N5O3/c1-16-15-38(10-9-37(16)8-6-27(31,32)33)21-12-18(28)3-5-20(21)36-25(39)19-4-2-17(23(29)24(19)30)13-35-26(40)22-14-34-7-11-41-22/h2-5,12,16,22,34H,6-11,13-15H2,1H3,(H,35,40)(H,36,39)/t16-,22+/m1/s1. The SMILES string of the molecule is C[C@@H]1CN(c2cc(Cl)ccc2NC(=O)c2ccc(CNC(=O)[C@@H]3CNCCO3)c(F)c2F)CCN1CCC(F)(F)F. The van der Waals surface area contributed by atoms with E-state index in [1.165, 1.54) is 18.2 Å². The number of piperazine rings is 1. The molecule has 2 heterocycles. The van der Waals surface area contributed by atoms with E-state index in [4.69, 9.17) is 16.3 Å². The van der Waals surface area contributed by atoms with E-state index in [1.54, 1.807) is 11.0 Å². The van der Waals surface area contributed by atoms with Gasteiger partial charge in [-0.1, -0.05) is 17.7 Å². The average Bonchev–Trinajstić information content (AvgIpc) is 2.93. The maximum atomic E-state index is 15.0. The van der Waals surface area contributed by atoms with E-state index in [-0.39, 0.29) is 30.4 Å². The molecule has 2 aromatic rings. The number of ether oxygens (including phenoxy) is 1. The number of hydrogen-bond donors (Lipinski definition) is 3. The number of carbonyl (C=O) groups is 2. The van der Waals surface area contributed by atoms with Crippen LogP contribution in [0.25, 0.3) is 0 Å². The summed E-state index contributed by atoms with van der Waals surface area (Å²) >= 11 is 6.19. The van der Waals surface area contributed by atoms with E-state index < -0.39 is 47.7 Å². The Hall–Kier alpha value is -3.00. The maximum absolute atomic E-state index is 15.0. The highest BCUT2D eigenvalue weighted by atomic mass is 35.5. The molecule has 8 nitrogen and oxygen atoms in total. The molecule has 0 saturated carbocycles. The first-order chi connectivity index (χ1) is 19.4. The first-order valence-corrected chi connectivity index (χ1v) is 13.5. The number of nitrogens with one attached hydrogen (secondary N) is 3. The molecule has 2 atom stereocenters. The number of amides is 2. The molecule has 3 N–H and O–H groups in total. The van der Waals surface area contributed by atoms with Crippen molar-refractivity contribution in [2.24, 2.45) is 0 Å². The molecular formula is C27H31ClF5N5O3. The highest BCUT2D eigenvalue weighted by Crippen LogP contribution is 2.32. The predicted molar refractivity (Wildman–Crippen MR) is 144 cm³/mol. The van der Waals surface area contributed by atoms with Crippen molar-refractivity contribution in [1.29, 1.82) is 0 Å². The van der Waals surface area contributed by atoms with Gasteiger partial charge >= 0.3 is 6.18 Å². The molecule has 2 aliphatic rings. The molecule has 0 spiro atoms. The van der Waals surface area contributed by atoms with Crippen LogP contribution in [-0.4, -0.2) is 80.9 Å². The molecule has 4 rings (SSSR count). The van der Waals surface area contributed by atoms with Gasteiger partial charge in [0.15, 0.2) is 11.6 Å². The van der Waals surface area contributed by atoms with Gasteiger partial charge in [0.1, 0.15) is 6.10 Å². The first kappa shape index (κ1) is 30.9. The first-order valence-electron chi connectivity index (χ1n) is 13.2. The number of benzene rings is 2. The van der Waals surface area contributed by atoms with Crippen molar-refractivity contribution in [3.05, 3.63) is 58.1 Å². The minimum absolute atomic E-state index is 0.117. The summed E-state index contributed by atoms with van der Waals surface area (Å²) in [6, 6.07) is 6.79. The monoisotopic (exact) mass is 603 g/mol. The van der Waals surface area contributed by atoms with E-state index in [9.17, 15) is 31.5 Å². The Labute approximate surface area is 239 Å². The summed E-state index contributed by atoms with van der Waals surface area (Å²) in [7, 11) is 0. The molecule has 0 bridgehead atoms. The molecule has 41 heavy (non-hydrogen) atoms. The fraction of sp³-hybridized carbons (Fsp3) is 0.481. The molecule has 2 fully saturated rings. The predicted octanol–water partition coefficient (Wildman–Crippen LogP) is 3.94. The Kier molecular flexibility index (Phi) is 10.1. The van der Waals surface area contributed by atoms with Crippen LogP contribution in [0.2, 0.25) is 5.02 Å². The van der Waals surface area contributed by atoms with Crippen molar-refractivity contribution in [2.45, 2.75) is 38.2 Å². The number of halogens is 6. The number of alkyl halides is 3. The van der Waals surface area contributed by atoms with Crippen molar-refractivity contribution in [3.8, 4) is 0 Å². The van der Waals surface area contributed by atoms with Gasteiger partial charge in [-0.05, 0) is 31.2 Å². The van der Waals surface area contributed by atoms with Crippen molar-refractivity contribution >= 4 is 34.8 Å². The second kappa shape index (κ2) is 13.3. The molecule has 0 radical (unpaired) electrons. The number of hydrogen-bond acceptors (Lipinski definition) is 6. The van der Waals surface area contributed by atoms with Gasteiger partial charge in [0.25, 0.3) is 11.8 Å². The van der Waals surface area contributed by atoms with Crippen LogP contribution in [0.3, 0.4) is 0 Å². The van der Waals surface area contributed by atoms with E-state index in [1.807, 2.05) is 11.8 Å². The lowest BCUT2D eigenvalue weighted by Gasteiger charge is -2.41. The number of carbonyl (C=O) groups excluding carboxylic acids is 2. The smallest absolute Gasteiger partial charge is 0.367 e. The van der Waals surface area contributed by atoms with Gasteiger partial charge in [-0.25, -0.2) is 8.78 Å². The van der Waals surface area contributed by atoms with Crippen molar-refractivity contribution in [3.63, 3.8) is 0 Å². The third-order valence-electron chi connectivity index (χ3n) is 7.08. The van der Waals surface area contributed by atoms with E-state index >= 15 is 0 Å². The number of nitrogens with zero attached hydrogens (tertiary/aromatic N) is 2. The summed E-state index contributed by atoms with van der Waals surface area (Å²) in [6.07, 6.45) is -5.89. The fourth-order valence-corrected chi connectivity index (χ4v) is 4.98. The molecule has 2 amide bonds. The van der Waals surface area contributed by atoms with Crippen LogP contribution in [0, 0.1) is 11.6 Å². The Morgan fingerprint density at radius 3 is 2.61 bits per heavy atom. The second-order valence-corrected chi connectivity index (χ2v) is 10.4. The second-order valence-electron chi connectivity index (χ2n) is 9.99. The zero-order valence-electron chi connectivity index (χ0n) is 22.3. The molecule has 0 aromatic heterocycles. The number of anilines is 2. The van der Waals surface area contributed by atoms with Gasteiger partial charge in [0, 0.05) is 62.4 Å². The fourth-order valence-electron chi connectivity index (χ4n) is 4.81. The average molecular weight is 604 g/mol. The summed E-state index contributed by atoms with van der Waals surface area (Å²) in [5, 5.41) is 8.48. The normalized spacial score (nSPS) is 20.1. The lowest BCUT2D eigenvalue weighted by molar-refractivity contribution is -0.139. The van der Waals surface area contributed by atoms with E-state index in [0.29, 0.717) is 50.0 Å². The van der Waals surface area contributed by atoms with Crippen LogP contribution in [0.15, 0.2) is 30.3 Å². The van der Waals surface area contributed by atoms with Crippen molar-refractivity contribution in [2.75, 3.05) is 56.1 Å². The Balaban J connectivity index is 1.43. The number of rotatable bonds is 8. The van der Waals surface area contributed by atoms with Crippen molar-refractivity contribution < 1.29 is 36.3 Å².